The van der Waals surface area contributed by atoms with Gasteiger partial charge in [0.15, 0.2) is 0 Å². The van der Waals surface area contributed by atoms with Crippen LogP contribution in [0.25, 0.3) is 20.5 Å². The fourth-order valence-electron chi connectivity index (χ4n) is 2.55. The number of nitriles is 1. The molecule has 0 aliphatic rings. The first-order valence-corrected chi connectivity index (χ1v) is 13.1. The van der Waals surface area contributed by atoms with Crippen molar-refractivity contribution in [3.8, 4) is 17.6 Å². The number of halogens is 1. The zero-order valence-corrected chi connectivity index (χ0v) is 19.1. The Bertz CT molecular complexity index is 1430. The highest BCUT2D eigenvalue weighted by atomic mass is 32.2. The van der Waals surface area contributed by atoms with Crippen molar-refractivity contribution in [1.82, 2.24) is 4.72 Å². The number of sulfonamides is 1. The van der Waals surface area contributed by atoms with E-state index in [0.717, 1.165) is 29.5 Å². The third kappa shape index (κ3) is 6.43. The number of fused-ring (bicyclic) bond motifs is 1. The summed E-state index contributed by atoms with van der Waals surface area (Å²) in [5.74, 6) is -0.818. The first kappa shape index (κ1) is 24.5. The van der Waals surface area contributed by atoms with Crippen molar-refractivity contribution in [3.63, 3.8) is 0 Å². The van der Waals surface area contributed by atoms with E-state index in [1.54, 1.807) is 24.3 Å². The van der Waals surface area contributed by atoms with Gasteiger partial charge < -0.3 is 14.2 Å². The molecule has 0 saturated carbocycles. The number of azide groups is 1. The van der Waals surface area contributed by atoms with Gasteiger partial charge in [-0.25, -0.2) is 17.4 Å². The second-order valence-electron chi connectivity index (χ2n) is 6.36. The highest BCUT2D eigenvalue weighted by molar-refractivity contribution is 7.92. The maximum absolute atomic E-state index is 13.6. The van der Waals surface area contributed by atoms with Gasteiger partial charge in [-0.1, -0.05) is 5.11 Å². The summed E-state index contributed by atoms with van der Waals surface area (Å²) in [5, 5.41) is 12.6. The number of rotatable bonds is 10. The normalized spacial score (nSPS) is 13.0. The highest BCUT2D eigenvalue weighted by Gasteiger charge is 2.27. The van der Waals surface area contributed by atoms with E-state index in [-0.39, 0.29) is 28.7 Å². The highest BCUT2D eigenvalue weighted by Crippen LogP contribution is 2.42. The predicted octanol–water partition coefficient (Wildman–Crippen LogP) is 4.10. The number of benzene rings is 2. The SMILES string of the molecule is N#Cc1ccc(OP(=O)(O)CNS(=O)(=O)c2cc3cc(OCCN=[N+]=[N-])ccc3s2)cc1F. The lowest BCUT2D eigenvalue weighted by atomic mass is 10.2. The van der Waals surface area contributed by atoms with Crippen LogP contribution < -0.4 is 14.0 Å². The Morgan fingerprint density at radius 1 is 1.27 bits per heavy atom. The molecule has 1 aromatic heterocycles. The second kappa shape index (κ2) is 10.2. The van der Waals surface area contributed by atoms with Gasteiger partial charge in [0.05, 0.1) is 18.7 Å². The molecule has 0 bridgehead atoms. The molecular formula is C18H15FN5O6PS2. The number of ether oxygens (including phenoxy) is 1. The minimum absolute atomic E-state index is 0.104. The number of thiophene rings is 1. The van der Waals surface area contributed by atoms with Crippen LogP contribution in [0.2, 0.25) is 0 Å². The quantitative estimate of drug-likeness (QED) is 0.135. The average molecular weight is 511 g/mol. The van der Waals surface area contributed by atoms with Crippen LogP contribution in [0.5, 0.6) is 11.5 Å². The Balaban J connectivity index is 1.69. The van der Waals surface area contributed by atoms with Crippen LogP contribution in [-0.2, 0) is 14.6 Å². The number of hydrogen-bond acceptors (Lipinski definition) is 8. The van der Waals surface area contributed by atoms with Crippen LogP contribution in [0.4, 0.5) is 4.39 Å². The zero-order valence-electron chi connectivity index (χ0n) is 16.6. The van der Waals surface area contributed by atoms with E-state index in [2.05, 4.69) is 10.0 Å². The van der Waals surface area contributed by atoms with Crippen LogP contribution in [0, 0.1) is 17.1 Å². The number of hydrogen-bond donors (Lipinski definition) is 2. The summed E-state index contributed by atoms with van der Waals surface area (Å²) in [6, 6.07) is 10.8. The van der Waals surface area contributed by atoms with Gasteiger partial charge >= 0.3 is 7.60 Å². The fraction of sp³-hybridized carbons (Fsp3) is 0.167. The Labute approximate surface area is 191 Å². The van der Waals surface area contributed by atoms with Crippen LogP contribution in [0.1, 0.15) is 5.56 Å². The van der Waals surface area contributed by atoms with Crippen molar-refractivity contribution in [2.24, 2.45) is 5.11 Å². The van der Waals surface area contributed by atoms with Crippen molar-refractivity contribution >= 4 is 39.0 Å². The summed E-state index contributed by atoms with van der Waals surface area (Å²) in [7, 11) is -8.69. The van der Waals surface area contributed by atoms with Crippen molar-refractivity contribution in [2.75, 3.05) is 19.4 Å². The van der Waals surface area contributed by atoms with Crippen molar-refractivity contribution in [1.29, 1.82) is 5.26 Å². The lowest BCUT2D eigenvalue weighted by molar-refractivity contribution is 0.328. The molecule has 1 heterocycles. The van der Waals surface area contributed by atoms with E-state index >= 15 is 0 Å². The molecule has 15 heteroatoms. The van der Waals surface area contributed by atoms with Crippen LogP contribution >= 0.6 is 18.9 Å². The molecule has 0 aliphatic heterocycles. The molecule has 1 unspecified atom stereocenters. The maximum Gasteiger partial charge on any atom is 0.391 e. The van der Waals surface area contributed by atoms with Gasteiger partial charge in [-0.15, -0.1) is 11.3 Å². The summed E-state index contributed by atoms with van der Waals surface area (Å²) < 4.78 is 63.9. The molecule has 172 valence electrons. The molecule has 0 amide bonds. The molecule has 33 heavy (non-hydrogen) atoms. The largest absolute Gasteiger partial charge is 0.493 e. The molecule has 1 atom stereocenters. The fourth-order valence-corrected chi connectivity index (χ4v) is 6.47. The van der Waals surface area contributed by atoms with Gasteiger partial charge in [0.1, 0.15) is 33.9 Å². The van der Waals surface area contributed by atoms with E-state index in [0.29, 0.717) is 15.8 Å². The summed E-state index contributed by atoms with van der Waals surface area (Å²) in [6.07, 6.45) is -0.959. The smallest absolute Gasteiger partial charge is 0.391 e. The zero-order chi connectivity index (χ0) is 24.1. The standard InChI is InChI=1S/C18H15FN5O6PS2/c19-16-9-15(2-1-12(16)10-20)30-31(25,26)11-23-33(27,28)18-8-13-7-14(3-4-17(13)32-18)29-6-5-22-24-21/h1-4,7-9,23H,5-6,11H2,(H,25,26). The molecule has 0 fully saturated rings. The molecule has 3 aromatic rings. The Kier molecular flexibility index (Phi) is 7.55. The van der Waals surface area contributed by atoms with Crippen molar-refractivity contribution in [3.05, 3.63) is 64.3 Å². The molecule has 0 radical (unpaired) electrons. The van der Waals surface area contributed by atoms with Gasteiger partial charge in [-0.2, -0.15) is 9.98 Å². The van der Waals surface area contributed by atoms with E-state index in [1.807, 2.05) is 4.72 Å². The van der Waals surface area contributed by atoms with Crippen molar-refractivity contribution < 1.29 is 31.5 Å². The minimum atomic E-state index is -4.53. The molecule has 2 N–H and O–H groups in total. The average Bonchev–Trinajstić information content (AvgIpc) is 3.20. The van der Waals surface area contributed by atoms with Gasteiger partial charge in [-0.3, -0.25) is 0 Å². The summed E-state index contributed by atoms with van der Waals surface area (Å²) in [5.41, 5.74) is 7.98. The number of nitrogens with zero attached hydrogens (tertiary/aromatic N) is 4. The lowest BCUT2D eigenvalue weighted by Crippen LogP contribution is -2.25. The first-order chi connectivity index (χ1) is 15.6. The van der Waals surface area contributed by atoms with E-state index in [9.17, 15) is 22.3 Å². The minimum Gasteiger partial charge on any atom is -0.493 e. The van der Waals surface area contributed by atoms with E-state index < -0.39 is 29.7 Å². The van der Waals surface area contributed by atoms with Crippen LogP contribution in [-0.4, -0.2) is 32.7 Å². The van der Waals surface area contributed by atoms with Crippen LogP contribution in [0.15, 0.2) is 51.8 Å². The van der Waals surface area contributed by atoms with Gasteiger partial charge in [0, 0.05) is 15.7 Å². The topological polar surface area (TPSA) is 174 Å². The Hall–Kier alpha value is -3.17. The first-order valence-electron chi connectivity index (χ1n) is 9.01. The van der Waals surface area contributed by atoms with Gasteiger partial charge in [0.25, 0.3) is 10.0 Å². The monoisotopic (exact) mass is 511 g/mol. The Morgan fingerprint density at radius 2 is 2.03 bits per heavy atom. The summed E-state index contributed by atoms with van der Waals surface area (Å²) >= 11 is 0.941. The molecule has 3 rings (SSSR count). The lowest BCUT2D eigenvalue weighted by Gasteiger charge is -2.14. The molecule has 0 saturated heterocycles. The number of nitrogens with one attached hydrogen (secondary N) is 1. The third-order valence-electron chi connectivity index (χ3n) is 4.02. The van der Waals surface area contributed by atoms with Gasteiger partial charge in [-0.05, 0) is 47.3 Å². The molecule has 11 nitrogen and oxygen atoms in total. The van der Waals surface area contributed by atoms with Crippen molar-refractivity contribution in [2.45, 2.75) is 4.21 Å². The molecule has 2 aromatic carbocycles. The Morgan fingerprint density at radius 3 is 2.73 bits per heavy atom. The van der Waals surface area contributed by atoms with Crippen LogP contribution in [0.3, 0.4) is 0 Å². The molecular weight excluding hydrogens is 496 g/mol. The predicted molar refractivity (Wildman–Crippen MR) is 118 cm³/mol. The molecule has 0 spiro atoms. The maximum atomic E-state index is 13.6. The summed E-state index contributed by atoms with van der Waals surface area (Å²) in [4.78, 5) is 12.6. The molecule has 0 aliphatic carbocycles. The van der Waals surface area contributed by atoms with E-state index in [1.165, 1.54) is 6.07 Å². The van der Waals surface area contributed by atoms with E-state index in [4.69, 9.17) is 20.1 Å². The second-order valence-corrected chi connectivity index (χ2v) is 11.2. The van der Waals surface area contributed by atoms with Gasteiger partial charge in [0.2, 0.25) is 0 Å². The summed E-state index contributed by atoms with van der Waals surface area (Å²) in [6.45, 7) is 0.293. The third-order valence-corrected chi connectivity index (χ3v) is 8.28.